The van der Waals surface area contributed by atoms with E-state index in [9.17, 15) is 31.1 Å². The fraction of sp³-hybridized carbons (Fsp3) is 0.231. The van der Waals surface area contributed by atoms with Gasteiger partial charge in [0.25, 0.3) is 5.56 Å². The van der Waals surface area contributed by atoms with Gasteiger partial charge in [-0.15, -0.1) is 0 Å². The van der Waals surface area contributed by atoms with E-state index in [1.165, 1.54) is 10.6 Å². The lowest BCUT2D eigenvalue weighted by molar-refractivity contribution is -0.140. The van der Waals surface area contributed by atoms with Gasteiger partial charge in [-0.3, -0.25) is 9.00 Å². The summed E-state index contributed by atoms with van der Waals surface area (Å²) < 4.78 is 81.1. The molecule has 1 atom stereocenters. The molecular weight excluding hydrogens is 538 g/mol. The van der Waals surface area contributed by atoms with Crippen molar-refractivity contribution in [1.29, 1.82) is 0 Å². The number of halogens is 4. The van der Waals surface area contributed by atoms with Crippen LogP contribution in [-0.4, -0.2) is 34.4 Å². The molecule has 2 aromatic carbocycles. The molecule has 8 nitrogen and oxygen atoms in total. The molecule has 2 N–H and O–H groups in total. The van der Waals surface area contributed by atoms with Crippen molar-refractivity contribution in [2.75, 3.05) is 6.54 Å². The van der Waals surface area contributed by atoms with E-state index in [0.29, 0.717) is 39.7 Å². The summed E-state index contributed by atoms with van der Waals surface area (Å²) in [7, 11) is 1.63. The number of aromatic nitrogens is 4. The second kappa shape index (κ2) is 10.1. The number of aromatic amines is 1. The Morgan fingerprint density at radius 2 is 1.95 bits per heavy atom. The van der Waals surface area contributed by atoms with Crippen LogP contribution in [0.1, 0.15) is 22.5 Å². The monoisotopic (exact) mass is 560 g/mol. The van der Waals surface area contributed by atoms with Gasteiger partial charge < -0.3 is 18.7 Å². The third-order valence-electron chi connectivity index (χ3n) is 6.62. The Bertz CT molecular complexity index is 1810. The Kier molecular flexibility index (Phi) is 6.91. The van der Waals surface area contributed by atoms with Crippen molar-refractivity contribution < 1.29 is 26.3 Å². The highest BCUT2D eigenvalue weighted by Gasteiger charge is 2.34. The molecule has 5 rings (SSSR count). The quantitative estimate of drug-likeness (QED) is 0.228. The van der Waals surface area contributed by atoms with Crippen LogP contribution in [0.2, 0.25) is 0 Å². The van der Waals surface area contributed by atoms with Gasteiger partial charge in [-0.2, -0.15) is 13.2 Å². The van der Waals surface area contributed by atoms with Crippen molar-refractivity contribution >= 4 is 33.2 Å². The number of H-pyrrole nitrogens is 1. The molecule has 0 spiro atoms. The van der Waals surface area contributed by atoms with Gasteiger partial charge in [-0.05, 0) is 60.4 Å². The number of rotatable bonds is 7. The predicted octanol–water partition coefficient (Wildman–Crippen LogP) is 4.32. The predicted molar refractivity (Wildman–Crippen MR) is 138 cm³/mol. The number of benzene rings is 2. The molecule has 0 aliphatic rings. The van der Waals surface area contributed by atoms with Gasteiger partial charge in [-0.25, -0.2) is 14.1 Å². The fourth-order valence-corrected chi connectivity index (χ4v) is 5.06. The number of hydrogen-bond donors (Lipinski definition) is 2. The highest BCUT2D eigenvalue weighted by Crippen LogP contribution is 2.34. The van der Waals surface area contributed by atoms with E-state index < -0.39 is 28.8 Å². The Hall–Kier alpha value is -3.81. The Labute approximate surface area is 221 Å². The molecule has 5 aromatic rings. The van der Waals surface area contributed by atoms with Crippen molar-refractivity contribution in [3.05, 3.63) is 87.5 Å². The van der Waals surface area contributed by atoms with Gasteiger partial charge in [0.15, 0.2) is 0 Å². The minimum absolute atomic E-state index is 0.0515. The molecule has 0 amide bonds. The first-order chi connectivity index (χ1) is 18.4. The maximum Gasteiger partial charge on any atom is 0.419 e. The molecule has 0 aliphatic heterocycles. The SMILES string of the molecule is Cc1nc2c(CCNS(=O)[O-])cc(-c3cn(C)c(=O)c4[nH]ccc34)cc2n1Cc1ccc(C(F)(F)F)c(F)c1. The van der Waals surface area contributed by atoms with E-state index in [-0.39, 0.29) is 18.6 Å². The lowest BCUT2D eigenvalue weighted by Gasteiger charge is -2.14. The van der Waals surface area contributed by atoms with E-state index in [1.54, 1.807) is 37.0 Å². The zero-order valence-corrected chi connectivity index (χ0v) is 21.5. The van der Waals surface area contributed by atoms with Crippen molar-refractivity contribution in [2.24, 2.45) is 7.05 Å². The molecule has 0 saturated carbocycles. The van der Waals surface area contributed by atoms with Gasteiger partial charge in [0, 0.05) is 54.7 Å². The first kappa shape index (κ1) is 26.8. The van der Waals surface area contributed by atoms with Gasteiger partial charge in [-0.1, -0.05) is 6.07 Å². The molecule has 0 radical (unpaired) electrons. The summed E-state index contributed by atoms with van der Waals surface area (Å²) in [4.78, 5) is 20.2. The average Bonchev–Trinajstić information content (AvgIpc) is 3.46. The van der Waals surface area contributed by atoms with Crippen molar-refractivity contribution in [2.45, 2.75) is 26.1 Å². The van der Waals surface area contributed by atoms with Crippen LogP contribution < -0.4 is 10.3 Å². The largest absolute Gasteiger partial charge is 0.760 e. The summed E-state index contributed by atoms with van der Waals surface area (Å²) in [5.74, 6) is -0.823. The third-order valence-corrected chi connectivity index (χ3v) is 7.06. The average molecular weight is 561 g/mol. The molecule has 3 aromatic heterocycles. The zero-order chi connectivity index (χ0) is 28.1. The van der Waals surface area contributed by atoms with Crippen molar-refractivity contribution in [3.63, 3.8) is 0 Å². The number of aryl methyl sites for hydroxylation is 2. The summed E-state index contributed by atoms with van der Waals surface area (Å²) in [5.41, 5.74) is 2.59. The lowest BCUT2D eigenvalue weighted by atomic mass is 9.99. The van der Waals surface area contributed by atoms with Crippen LogP contribution in [0.5, 0.6) is 0 Å². The van der Waals surface area contributed by atoms with Crippen molar-refractivity contribution in [1.82, 2.24) is 23.8 Å². The molecule has 204 valence electrons. The standard InChI is InChI=1S/C26H23F4N5O3S/c1-14-33-23-16(5-8-32-39(37)38)10-17(19-13-34(2)25(36)24-18(19)6-7-31-24)11-22(23)35(14)12-15-3-4-20(21(27)9-15)26(28,29)30/h3-4,6-7,9-11,13,31-32H,5,8,12H2,1-2H3,(H,37,38)/p-1. The first-order valence-electron chi connectivity index (χ1n) is 11.8. The van der Waals surface area contributed by atoms with Crippen LogP contribution in [-0.2, 0) is 37.5 Å². The fourth-order valence-electron chi connectivity index (χ4n) is 4.79. The van der Waals surface area contributed by atoms with Crippen LogP contribution in [0.3, 0.4) is 0 Å². The molecule has 3 heterocycles. The highest BCUT2D eigenvalue weighted by atomic mass is 32.2. The molecule has 0 aliphatic carbocycles. The molecule has 0 fully saturated rings. The number of pyridine rings is 1. The molecule has 39 heavy (non-hydrogen) atoms. The molecular formula is C26H22F4N5O3S-. The summed E-state index contributed by atoms with van der Waals surface area (Å²) in [5, 5.41) is 0.690. The topological polar surface area (TPSA) is 108 Å². The van der Waals surface area contributed by atoms with E-state index in [1.807, 2.05) is 12.1 Å². The van der Waals surface area contributed by atoms with Gasteiger partial charge in [0.2, 0.25) is 0 Å². The van der Waals surface area contributed by atoms with Gasteiger partial charge in [0.05, 0.1) is 16.6 Å². The van der Waals surface area contributed by atoms with Crippen LogP contribution in [0.15, 0.2) is 53.6 Å². The van der Waals surface area contributed by atoms with Crippen LogP contribution in [0, 0.1) is 12.7 Å². The minimum Gasteiger partial charge on any atom is -0.760 e. The number of hydrogen-bond acceptors (Lipinski definition) is 4. The molecule has 1 unspecified atom stereocenters. The zero-order valence-electron chi connectivity index (χ0n) is 20.7. The van der Waals surface area contributed by atoms with E-state index in [2.05, 4.69) is 14.7 Å². The number of imidazole rings is 1. The van der Waals surface area contributed by atoms with Gasteiger partial charge in [0.1, 0.15) is 17.2 Å². The number of alkyl halides is 3. The lowest BCUT2D eigenvalue weighted by Crippen LogP contribution is -2.19. The summed E-state index contributed by atoms with van der Waals surface area (Å²) in [6.45, 7) is 1.89. The normalized spacial score (nSPS) is 13.0. The smallest absolute Gasteiger partial charge is 0.419 e. The maximum absolute atomic E-state index is 14.3. The van der Waals surface area contributed by atoms with Crippen LogP contribution in [0.25, 0.3) is 33.1 Å². The second-order valence-electron chi connectivity index (χ2n) is 9.16. The second-order valence-corrected chi connectivity index (χ2v) is 9.92. The first-order valence-corrected chi connectivity index (χ1v) is 12.9. The molecule has 0 saturated heterocycles. The van der Waals surface area contributed by atoms with Crippen LogP contribution >= 0.6 is 0 Å². The summed E-state index contributed by atoms with van der Waals surface area (Å²) in [6.07, 6.45) is -1.14. The summed E-state index contributed by atoms with van der Waals surface area (Å²) >= 11 is -2.45. The molecule has 13 heteroatoms. The highest BCUT2D eigenvalue weighted by molar-refractivity contribution is 7.77. The Morgan fingerprint density at radius 1 is 1.18 bits per heavy atom. The van der Waals surface area contributed by atoms with Crippen molar-refractivity contribution in [3.8, 4) is 11.1 Å². The van der Waals surface area contributed by atoms with Crippen LogP contribution in [0.4, 0.5) is 17.6 Å². The van der Waals surface area contributed by atoms with E-state index >= 15 is 0 Å². The number of fused-ring (bicyclic) bond motifs is 2. The number of nitrogens with one attached hydrogen (secondary N) is 2. The Morgan fingerprint density at radius 3 is 2.64 bits per heavy atom. The Balaban J connectivity index is 1.67. The maximum atomic E-state index is 14.3. The van der Waals surface area contributed by atoms with E-state index in [4.69, 9.17) is 0 Å². The minimum atomic E-state index is -4.80. The van der Waals surface area contributed by atoms with Gasteiger partial charge >= 0.3 is 6.18 Å². The molecule has 0 bridgehead atoms. The number of nitrogens with zero attached hydrogens (tertiary/aromatic N) is 3. The third kappa shape index (κ3) is 5.12. The summed E-state index contributed by atoms with van der Waals surface area (Å²) in [6, 6.07) is 8.32. The van der Waals surface area contributed by atoms with E-state index in [0.717, 1.165) is 28.8 Å².